The van der Waals surface area contributed by atoms with Crippen LogP contribution >= 0.6 is 11.8 Å². The first-order chi connectivity index (χ1) is 13.1. The lowest BCUT2D eigenvalue weighted by molar-refractivity contribution is -0.123. The molecular formula is C20H19N3O3S. The van der Waals surface area contributed by atoms with Gasteiger partial charge < -0.3 is 15.0 Å². The van der Waals surface area contributed by atoms with Gasteiger partial charge in [-0.1, -0.05) is 24.3 Å². The fraction of sp³-hybridized carbons (Fsp3) is 0.250. The zero-order valence-electron chi connectivity index (χ0n) is 14.8. The number of anilines is 2. The number of hydrogen-bond donors (Lipinski definition) is 1. The minimum atomic E-state index is -0.805. The van der Waals surface area contributed by atoms with Crippen LogP contribution in [0.15, 0.2) is 53.4 Å². The number of fused-ring (bicyclic) bond motifs is 1. The summed E-state index contributed by atoms with van der Waals surface area (Å²) in [6.45, 7) is 1.63. The first-order valence-corrected chi connectivity index (χ1v) is 9.52. The summed E-state index contributed by atoms with van der Waals surface area (Å²) in [7, 11) is 0. The van der Waals surface area contributed by atoms with Crippen molar-refractivity contribution in [3.05, 3.63) is 48.5 Å². The molecule has 0 radical (unpaired) electrons. The highest BCUT2D eigenvalue weighted by Gasteiger charge is 2.32. The molecule has 1 heterocycles. The number of ether oxygens (including phenoxy) is 1. The minimum absolute atomic E-state index is 0.143. The molecule has 0 bridgehead atoms. The van der Waals surface area contributed by atoms with Crippen LogP contribution in [0.25, 0.3) is 0 Å². The fourth-order valence-corrected chi connectivity index (χ4v) is 3.65. The molecular weight excluding hydrogens is 362 g/mol. The van der Waals surface area contributed by atoms with Crippen molar-refractivity contribution in [2.45, 2.75) is 24.3 Å². The van der Waals surface area contributed by atoms with Crippen LogP contribution in [0, 0.1) is 11.3 Å². The summed E-state index contributed by atoms with van der Waals surface area (Å²) in [6, 6.07) is 16.7. The van der Waals surface area contributed by atoms with Crippen molar-refractivity contribution < 1.29 is 14.3 Å². The third-order valence-corrected chi connectivity index (χ3v) is 5.14. The Morgan fingerprint density at radius 1 is 1.26 bits per heavy atom. The van der Waals surface area contributed by atoms with E-state index in [1.807, 2.05) is 30.3 Å². The van der Waals surface area contributed by atoms with Gasteiger partial charge in [-0.3, -0.25) is 9.59 Å². The van der Waals surface area contributed by atoms with Crippen LogP contribution in [0.2, 0.25) is 0 Å². The SMILES string of the molecule is CC(=O)N1CC(C(=O)Nc2ccccc2SCCC#N)Oc2ccccc21. The monoisotopic (exact) mass is 381 g/mol. The lowest BCUT2D eigenvalue weighted by atomic mass is 10.1. The van der Waals surface area contributed by atoms with Gasteiger partial charge in [0.15, 0.2) is 6.10 Å². The minimum Gasteiger partial charge on any atom is -0.476 e. The Balaban J connectivity index is 1.76. The van der Waals surface area contributed by atoms with Gasteiger partial charge in [0.05, 0.1) is 24.0 Å². The Morgan fingerprint density at radius 2 is 2.00 bits per heavy atom. The number of thioether (sulfide) groups is 1. The summed E-state index contributed by atoms with van der Waals surface area (Å²) in [5, 5.41) is 11.6. The molecule has 2 aromatic rings. The third kappa shape index (κ3) is 4.41. The summed E-state index contributed by atoms with van der Waals surface area (Å²) < 4.78 is 5.83. The molecule has 3 rings (SSSR count). The van der Waals surface area contributed by atoms with Crippen LogP contribution in [-0.2, 0) is 9.59 Å². The number of nitrogens with zero attached hydrogens (tertiary/aromatic N) is 2. The van der Waals surface area contributed by atoms with Gasteiger partial charge in [0, 0.05) is 24.0 Å². The molecule has 1 aliphatic rings. The number of para-hydroxylation sites is 3. The van der Waals surface area contributed by atoms with Crippen molar-refractivity contribution in [3.63, 3.8) is 0 Å². The molecule has 0 aromatic heterocycles. The first-order valence-electron chi connectivity index (χ1n) is 8.53. The van der Waals surface area contributed by atoms with Crippen molar-refractivity contribution in [1.82, 2.24) is 0 Å². The van der Waals surface area contributed by atoms with Crippen molar-refractivity contribution in [3.8, 4) is 11.8 Å². The molecule has 1 aliphatic heterocycles. The topological polar surface area (TPSA) is 82.4 Å². The van der Waals surface area contributed by atoms with Gasteiger partial charge in [-0.2, -0.15) is 5.26 Å². The van der Waals surface area contributed by atoms with E-state index in [4.69, 9.17) is 10.00 Å². The van der Waals surface area contributed by atoms with Gasteiger partial charge in [0.25, 0.3) is 5.91 Å². The van der Waals surface area contributed by atoms with Gasteiger partial charge in [-0.25, -0.2) is 0 Å². The van der Waals surface area contributed by atoms with E-state index in [0.717, 1.165) is 4.90 Å². The highest BCUT2D eigenvalue weighted by atomic mass is 32.2. The molecule has 1 atom stereocenters. The molecule has 0 fully saturated rings. The number of hydrogen-bond acceptors (Lipinski definition) is 5. The van der Waals surface area contributed by atoms with Crippen LogP contribution in [0.1, 0.15) is 13.3 Å². The number of carbonyl (C=O) groups excluding carboxylic acids is 2. The Bertz CT molecular complexity index is 894. The largest absolute Gasteiger partial charge is 0.476 e. The van der Waals surface area contributed by atoms with E-state index in [1.54, 1.807) is 23.1 Å². The molecule has 27 heavy (non-hydrogen) atoms. The molecule has 1 N–H and O–H groups in total. The summed E-state index contributed by atoms with van der Waals surface area (Å²) in [4.78, 5) is 27.2. The quantitative estimate of drug-likeness (QED) is 0.634. The number of nitriles is 1. The van der Waals surface area contributed by atoms with E-state index in [1.165, 1.54) is 18.7 Å². The Hall–Kier alpha value is -2.98. The van der Waals surface area contributed by atoms with Gasteiger partial charge in [0.1, 0.15) is 5.75 Å². The second-order valence-electron chi connectivity index (χ2n) is 5.95. The van der Waals surface area contributed by atoms with Gasteiger partial charge >= 0.3 is 0 Å². The van der Waals surface area contributed by atoms with Gasteiger partial charge in [-0.15, -0.1) is 11.8 Å². The van der Waals surface area contributed by atoms with Crippen LogP contribution in [0.4, 0.5) is 11.4 Å². The molecule has 0 aliphatic carbocycles. The van der Waals surface area contributed by atoms with Crippen LogP contribution in [-0.4, -0.2) is 30.2 Å². The second-order valence-corrected chi connectivity index (χ2v) is 7.08. The Labute approximate surface area is 162 Å². The van der Waals surface area contributed by atoms with Crippen LogP contribution < -0.4 is 15.0 Å². The third-order valence-electron chi connectivity index (χ3n) is 4.06. The van der Waals surface area contributed by atoms with Crippen molar-refractivity contribution in [2.75, 3.05) is 22.5 Å². The average Bonchev–Trinajstić information content (AvgIpc) is 2.68. The number of benzene rings is 2. The predicted molar refractivity (Wildman–Crippen MR) is 105 cm³/mol. The van der Waals surface area contributed by atoms with Crippen LogP contribution in [0.3, 0.4) is 0 Å². The molecule has 0 saturated heterocycles. The number of carbonyl (C=O) groups is 2. The molecule has 2 amide bonds. The Morgan fingerprint density at radius 3 is 2.78 bits per heavy atom. The average molecular weight is 381 g/mol. The molecule has 2 aromatic carbocycles. The van der Waals surface area contributed by atoms with E-state index in [2.05, 4.69) is 11.4 Å². The first kappa shape index (κ1) is 18.8. The van der Waals surface area contributed by atoms with Gasteiger partial charge in [0.2, 0.25) is 5.91 Å². The maximum Gasteiger partial charge on any atom is 0.267 e. The summed E-state index contributed by atoms with van der Waals surface area (Å²) >= 11 is 1.51. The number of amides is 2. The molecule has 0 saturated carbocycles. The fourth-order valence-electron chi connectivity index (χ4n) is 2.78. The normalized spacial score (nSPS) is 15.3. The molecule has 138 valence electrons. The highest BCUT2D eigenvalue weighted by Crippen LogP contribution is 2.34. The van der Waals surface area contributed by atoms with Crippen molar-refractivity contribution >= 4 is 35.0 Å². The summed E-state index contributed by atoms with van der Waals surface area (Å²) in [5.41, 5.74) is 1.34. The lowest BCUT2D eigenvalue weighted by Crippen LogP contribution is -2.48. The number of nitrogens with one attached hydrogen (secondary N) is 1. The zero-order chi connectivity index (χ0) is 19.2. The van der Waals surface area contributed by atoms with E-state index in [9.17, 15) is 9.59 Å². The smallest absolute Gasteiger partial charge is 0.267 e. The van der Waals surface area contributed by atoms with E-state index in [-0.39, 0.29) is 18.4 Å². The van der Waals surface area contributed by atoms with E-state index >= 15 is 0 Å². The second kappa shape index (κ2) is 8.60. The maximum absolute atomic E-state index is 12.8. The number of rotatable bonds is 5. The predicted octanol–water partition coefficient (Wildman–Crippen LogP) is 3.44. The van der Waals surface area contributed by atoms with E-state index in [0.29, 0.717) is 29.3 Å². The molecule has 1 unspecified atom stereocenters. The van der Waals surface area contributed by atoms with Crippen LogP contribution in [0.5, 0.6) is 5.75 Å². The zero-order valence-corrected chi connectivity index (χ0v) is 15.7. The summed E-state index contributed by atoms with van der Waals surface area (Å²) in [5.74, 6) is 0.699. The van der Waals surface area contributed by atoms with Crippen molar-refractivity contribution in [2.24, 2.45) is 0 Å². The standard InChI is InChI=1S/C20H19N3O3S/c1-14(24)23-13-18(26-17-9-4-3-8-16(17)23)20(25)22-15-7-2-5-10-19(15)27-12-6-11-21/h2-5,7-10,18H,6,12-13H2,1H3,(H,22,25). The molecule has 6 nitrogen and oxygen atoms in total. The van der Waals surface area contributed by atoms with Gasteiger partial charge in [-0.05, 0) is 24.3 Å². The molecule has 7 heteroatoms. The lowest BCUT2D eigenvalue weighted by Gasteiger charge is -2.33. The molecule has 0 spiro atoms. The summed E-state index contributed by atoms with van der Waals surface area (Å²) in [6.07, 6.45) is -0.371. The van der Waals surface area contributed by atoms with Crippen molar-refractivity contribution in [1.29, 1.82) is 5.26 Å². The maximum atomic E-state index is 12.8. The Kier molecular flexibility index (Phi) is 5.99. The van der Waals surface area contributed by atoms with E-state index < -0.39 is 6.10 Å². The highest BCUT2D eigenvalue weighted by molar-refractivity contribution is 7.99.